The lowest BCUT2D eigenvalue weighted by Gasteiger charge is -2.19. The second-order valence-corrected chi connectivity index (χ2v) is 5.09. The predicted octanol–water partition coefficient (Wildman–Crippen LogP) is 2.75. The maximum absolute atomic E-state index is 8.91. The number of nitrogens with two attached hydrogens (primary N) is 1. The summed E-state index contributed by atoms with van der Waals surface area (Å²) < 4.78 is 5.85. The Kier molecular flexibility index (Phi) is 4.08. The standard InChI is InChI=1S/C15H19N3O2/c1-9(2)10(3)20-15-12(14(16)18-19)8-11-6-4-5-7-13(11)17-15/h4-10,19H,1-3H3,(H2,16,18). The summed E-state index contributed by atoms with van der Waals surface area (Å²) in [5, 5.41) is 12.9. The van der Waals surface area contributed by atoms with Crippen molar-refractivity contribution in [2.75, 3.05) is 0 Å². The quantitative estimate of drug-likeness (QED) is 0.388. The summed E-state index contributed by atoms with van der Waals surface area (Å²) in [7, 11) is 0. The van der Waals surface area contributed by atoms with Crippen LogP contribution in [0.25, 0.3) is 10.9 Å². The van der Waals surface area contributed by atoms with Crippen LogP contribution in [-0.4, -0.2) is 22.1 Å². The van der Waals surface area contributed by atoms with Gasteiger partial charge in [-0.3, -0.25) is 0 Å². The summed E-state index contributed by atoms with van der Waals surface area (Å²) in [5.74, 6) is 0.720. The molecule has 5 nitrogen and oxygen atoms in total. The number of rotatable bonds is 4. The lowest BCUT2D eigenvalue weighted by atomic mass is 10.1. The Bertz CT molecular complexity index is 638. The number of hydrogen-bond acceptors (Lipinski definition) is 4. The summed E-state index contributed by atoms with van der Waals surface area (Å²) in [6.07, 6.45) is -0.0195. The largest absolute Gasteiger partial charge is 0.474 e. The summed E-state index contributed by atoms with van der Waals surface area (Å²) >= 11 is 0. The van der Waals surface area contributed by atoms with Crippen LogP contribution < -0.4 is 10.5 Å². The highest BCUT2D eigenvalue weighted by molar-refractivity contribution is 6.02. The number of nitrogens with zero attached hydrogens (tertiary/aromatic N) is 2. The second-order valence-electron chi connectivity index (χ2n) is 5.09. The van der Waals surface area contributed by atoms with Crippen LogP contribution in [0.15, 0.2) is 35.5 Å². The molecule has 0 aliphatic carbocycles. The van der Waals surface area contributed by atoms with Gasteiger partial charge in [-0.25, -0.2) is 4.98 Å². The Balaban J connectivity index is 2.54. The molecule has 0 aliphatic heterocycles. The van der Waals surface area contributed by atoms with Gasteiger partial charge in [-0.15, -0.1) is 0 Å². The van der Waals surface area contributed by atoms with Crippen molar-refractivity contribution < 1.29 is 9.94 Å². The maximum atomic E-state index is 8.91. The molecule has 0 amide bonds. The third-order valence-electron chi connectivity index (χ3n) is 3.31. The molecule has 0 saturated carbocycles. The maximum Gasteiger partial charge on any atom is 0.225 e. The fourth-order valence-corrected chi connectivity index (χ4v) is 1.74. The minimum absolute atomic E-state index is 0.00536. The van der Waals surface area contributed by atoms with E-state index in [1.165, 1.54) is 0 Å². The fraction of sp³-hybridized carbons (Fsp3) is 0.333. The van der Waals surface area contributed by atoms with E-state index < -0.39 is 0 Å². The number of amidine groups is 1. The molecule has 3 N–H and O–H groups in total. The van der Waals surface area contributed by atoms with Crippen molar-refractivity contribution in [3.63, 3.8) is 0 Å². The van der Waals surface area contributed by atoms with Crippen molar-refractivity contribution in [3.8, 4) is 5.88 Å². The predicted molar refractivity (Wildman–Crippen MR) is 79.2 cm³/mol. The number of hydrogen-bond donors (Lipinski definition) is 2. The molecule has 5 heteroatoms. The summed E-state index contributed by atoms with van der Waals surface area (Å²) in [6.45, 7) is 6.10. The number of oxime groups is 1. The van der Waals surface area contributed by atoms with Gasteiger partial charge < -0.3 is 15.7 Å². The van der Waals surface area contributed by atoms with Crippen molar-refractivity contribution in [1.29, 1.82) is 0 Å². The molecule has 106 valence electrons. The molecule has 1 atom stereocenters. The molecule has 1 heterocycles. The summed E-state index contributed by atoms with van der Waals surface area (Å²) in [4.78, 5) is 4.47. The molecule has 1 aromatic heterocycles. The van der Waals surface area contributed by atoms with E-state index in [2.05, 4.69) is 24.0 Å². The molecule has 0 bridgehead atoms. The van der Waals surface area contributed by atoms with Crippen molar-refractivity contribution >= 4 is 16.7 Å². The van der Waals surface area contributed by atoms with Gasteiger partial charge in [0.25, 0.3) is 0 Å². The number of benzene rings is 1. The fourth-order valence-electron chi connectivity index (χ4n) is 1.74. The SMILES string of the molecule is CC(C)C(C)Oc1nc2ccccc2cc1/C(N)=N/O. The first-order chi connectivity index (χ1) is 9.52. The van der Waals surface area contributed by atoms with E-state index in [-0.39, 0.29) is 11.9 Å². The molecule has 1 aromatic carbocycles. The Labute approximate surface area is 118 Å². The van der Waals surface area contributed by atoms with E-state index in [0.29, 0.717) is 17.4 Å². The van der Waals surface area contributed by atoms with Crippen LogP contribution in [0.3, 0.4) is 0 Å². The molecular formula is C15H19N3O2. The normalized spacial score (nSPS) is 13.7. The van der Waals surface area contributed by atoms with Crippen LogP contribution in [0.4, 0.5) is 0 Å². The van der Waals surface area contributed by atoms with Crippen LogP contribution in [0, 0.1) is 5.92 Å². The van der Waals surface area contributed by atoms with Gasteiger partial charge >= 0.3 is 0 Å². The number of para-hydroxylation sites is 1. The van der Waals surface area contributed by atoms with Crippen LogP contribution >= 0.6 is 0 Å². The van der Waals surface area contributed by atoms with Crippen LogP contribution in [0.2, 0.25) is 0 Å². The molecule has 20 heavy (non-hydrogen) atoms. The Hall–Kier alpha value is -2.30. The van der Waals surface area contributed by atoms with Gasteiger partial charge in [-0.2, -0.15) is 0 Å². The van der Waals surface area contributed by atoms with Crippen molar-refractivity contribution in [1.82, 2.24) is 4.98 Å². The molecule has 0 radical (unpaired) electrons. The highest BCUT2D eigenvalue weighted by atomic mass is 16.5. The Morgan fingerprint density at radius 2 is 2.00 bits per heavy atom. The minimum atomic E-state index is -0.0195. The number of ether oxygens (including phenoxy) is 1. The Morgan fingerprint density at radius 1 is 1.30 bits per heavy atom. The number of fused-ring (bicyclic) bond motifs is 1. The van der Waals surface area contributed by atoms with Gasteiger partial charge in [0.2, 0.25) is 5.88 Å². The molecule has 0 saturated heterocycles. The topological polar surface area (TPSA) is 80.7 Å². The van der Waals surface area contributed by atoms with Gasteiger partial charge in [0.1, 0.15) is 0 Å². The second kappa shape index (κ2) is 5.77. The van der Waals surface area contributed by atoms with Gasteiger partial charge in [-0.05, 0) is 25.0 Å². The van der Waals surface area contributed by atoms with E-state index in [1.54, 1.807) is 0 Å². The smallest absolute Gasteiger partial charge is 0.225 e. The van der Waals surface area contributed by atoms with Crippen molar-refractivity contribution in [2.45, 2.75) is 26.9 Å². The minimum Gasteiger partial charge on any atom is -0.474 e. The average Bonchev–Trinajstić information content (AvgIpc) is 2.45. The molecule has 2 aromatic rings. The zero-order chi connectivity index (χ0) is 14.7. The van der Waals surface area contributed by atoms with E-state index in [9.17, 15) is 0 Å². The highest BCUT2D eigenvalue weighted by Crippen LogP contribution is 2.24. The third-order valence-corrected chi connectivity index (χ3v) is 3.31. The molecule has 2 rings (SSSR count). The number of aromatic nitrogens is 1. The molecular weight excluding hydrogens is 254 g/mol. The number of pyridine rings is 1. The first kappa shape index (κ1) is 14.1. The van der Waals surface area contributed by atoms with E-state index >= 15 is 0 Å². The summed E-state index contributed by atoms with van der Waals surface area (Å²) in [6, 6.07) is 9.47. The van der Waals surface area contributed by atoms with E-state index in [0.717, 1.165) is 10.9 Å². The molecule has 0 spiro atoms. The Morgan fingerprint density at radius 3 is 2.65 bits per heavy atom. The van der Waals surface area contributed by atoms with E-state index in [4.69, 9.17) is 15.7 Å². The van der Waals surface area contributed by atoms with Gasteiger partial charge in [0, 0.05) is 5.39 Å². The first-order valence-electron chi connectivity index (χ1n) is 6.57. The first-order valence-corrected chi connectivity index (χ1v) is 6.57. The summed E-state index contributed by atoms with van der Waals surface area (Å²) in [5.41, 5.74) is 7.03. The molecule has 1 unspecified atom stereocenters. The lowest BCUT2D eigenvalue weighted by Crippen LogP contribution is -2.22. The molecule has 0 fully saturated rings. The average molecular weight is 273 g/mol. The lowest BCUT2D eigenvalue weighted by molar-refractivity contribution is 0.163. The zero-order valence-corrected chi connectivity index (χ0v) is 11.9. The molecule has 0 aliphatic rings. The van der Waals surface area contributed by atoms with Crippen LogP contribution in [0.1, 0.15) is 26.3 Å². The van der Waals surface area contributed by atoms with Gasteiger partial charge in [0.15, 0.2) is 5.84 Å². The van der Waals surface area contributed by atoms with Crippen molar-refractivity contribution in [2.24, 2.45) is 16.8 Å². The van der Waals surface area contributed by atoms with E-state index in [1.807, 2.05) is 37.3 Å². The van der Waals surface area contributed by atoms with Crippen LogP contribution in [0.5, 0.6) is 5.88 Å². The monoisotopic (exact) mass is 273 g/mol. The third kappa shape index (κ3) is 2.82. The van der Waals surface area contributed by atoms with Gasteiger partial charge in [0.05, 0.1) is 17.2 Å². The van der Waals surface area contributed by atoms with Crippen molar-refractivity contribution in [3.05, 3.63) is 35.9 Å². The van der Waals surface area contributed by atoms with Crippen LogP contribution in [-0.2, 0) is 0 Å². The zero-order valence-electron chi connectivity index (χ0n) is 11.9. The highest BCUT2D eigenvalue weighted by Gasteiger charge is 2.16. The van der Waals surface area contributed by atoms with Gasteiger partial charge in [-0.1, -0.05) is 37.2 Å².